The number of guanidine groups is 1. The molecule has 1 aromatic heterocycles. The zero-order valence-electron chi connectivity index (χ0n) is 15.1. The normalized spacial score (nSPS) is 12.3. The Balaban J connectivity index is 1.97. The van der Waals surface area contributed by atoms with Crippen molar-refractivity contribution < 1.29 is 26.3 Å². The summed E-state index contributed by atoms with van der Waals surface area (Å²) in [7, 11) is 0. The molecule has 0 atom stereocenters. The molecule has 0 saturated heterocycles. The maximum atomic E-state index is 12.7. The number of hydrogen-bond acceptors (Lipinski definition) is 3. The molecule has 11 heteroatoms. The highest BCUT2D eigenvalue weighted by Crippen LogP contribution is 2.30. The van der Waals surface area contributed by atoms with Crippen molar-refractivity contribution in [1.29, 1.82) is 0 Å². The van der Waals surface area contributed by atoms with Crippen LogP contribution in [0, 0.1) is 11.8 Å². The molecule has 156 valence electrons. The molecule has 2 rings (SSSR count). The first-order chi connectivity index (χ1) is 13.6. The van der Waals surface area contributed by atoms with Gasteiger partial charge in [-0.25, -0.2) is 9.98 Å². The van der Waals surface area contributed by atoms with Crippen molar-refractivity contribution in [3.63, 3.8) is 0 Å². The lowest BCUT2D eigenvalue weighted by Gasteiger charge is -2.08. The summed E-state index contributed by atoms with van der Waals surface area (Å²) in [4.78, 5) is 7.62. The zero-order valence-corrected chi connectivity index (χ0v) is 15.9. The van der Waals surface area contributed by atoms with E-state index in [9.17, 15) is 26.3 Å². The van der Waals surface area contributed by atoms with E-state index in [1.807, 2.05) is 0 Å². The van der Waals surface area contributed by atoms with E-state index < -0.39 is 23.6 Å². The van der Waals surface area contributed by atoms with Crippen LogP contribution in [0.2, 0.25) is 0 Å². The van der Waals surface area contributed by atoms with Crippen LogP contribution < -0.4 is 10.6 Å². The highest BCUT2D eigenvalue weighted by molar-refractivity contribution is 7.09. The largest absolute Gasteiger partial charge is 0.434 e. The van der Waals surface area contributed by atoms with Gasteiger partial charge in [0.05, 0.1) is 18.7 Å². The summed E-state index contributed by atoms with van der Waals surface area (Å²) in [5.41, 5.74) is -1.53. The molecule has 2 N–H and O–H groups in total. The number of aliphatic imine (C=N–C) groups is 1. The number of nitrogens with one attached hydrogen (secondary N) is 2. The van der Waals surface area contributed by atoms with Crippen molar-refractivity contribution in [2.24, 2.45) is 4.99 Å². The van der Waals surface area contributed by atoms with Gasteiger partial charge in [0.2, 0.25) is 0 Å². The van der Waals surface area contributed by atoms with Crippen LogP contribution in [0.15, 0.2) is 34.6 Å². The van der Waals surface area contributed by atoms with E-state index in [0.29, 0.717) is 12.5 Å². The summed E-state index contributed by atoms with van der Waals surface area (Å²) in [6.07, 6.45) is -8.94. The van der Waals surface area contributed by atoms with E-state index in [-0.39, 0.29) is 23.7 Å². The summed E-state index contributed by atoms with van der Waals surface area (Å²) in [6.45, 7) is 2.32. The number of halogens is 6. The smallest absolute Gasteiger partial charge is 0.357 e. The Morgan fingerprint density at radius 1 is 1.14 bits per heavy atom. The highest BCUT2D eigenvalue weighted by Gasteiger charge is 2.33. The molecule has 0 saturated carbocycles. The molecule has 0 spiro atoms. The number of rotatable bonds is 4. The molecule has 2 aromatic rings. The molecule has 0 aliphatic carbocycles. The summed E-state index contributed by atoms with van der Waals surface area (Å²) in [5, 5.41) is 6.86. The Kier molecular flexibility index (Phi) is 7.50. The van der Waals surface area contributed by atoms with E-state index in [0.717, 1.165) is 28.8 Å². The fourth-order valence-electron chi connectivity index (χ4n) is 2.05. The molecule has 0 unspecified atom stereocenters. The van der Waals surface area contributed by atoms with Crippen LogP contribution >= 0.6 is 11.3 Å². The Hall–Kier alpha value is -2.74. The minimum atomic E-state index is -4.50. The second kappa shape index (κ2) is 9.65. The lowest BCUT2D eigenvalue weighted by Crippen LogP contribution is -2.37. The third-order valence-corrected chi connectivity index (χ3v) is 4.16. The molecule has 0 aliphatic rings. The van der Waals surface area contributed by atoms with Gasteiger partial charge in [0, 0.05) is 17.5 Å². The Labute approximate surface area is 167 Å². The number of hydrogen-bond donors (Lipinski definition) is 2. The minimum absolute atomic E-state index is 0.0584. The molecule has 29 heavy (non-hydrogen) atoms. The van der Waals surface area contributed by atoms with Gasteiger partial charge in [0.15, 0.2) is 11.7 Å². The molecule has 1 aromatic carbocycles. The summed E-state index contributed by atoms with van der Waals surface area (Å²) < 4.78 is 75.7. The van der Waals surface area contributed by atoms with Crippen molar-refractivity contribution >= 4 is 17.3 Å². The molecule has 0 aliphatic heterocycles. The van der Waals surface area contributed by atoms with Gasteiger partial charge in [-0.1, -0.05) is 17.9 Å². The summed E-state index contributed by atoms with van der Waals surface area (Å²) >= 11 is 0.852. The van der Waals surface area contributed by atoms with Crippen molar-refractivity contribution in [3.8, 4) is 11.8 Å². The van der Waals surface area contributed by atoms with Gasteiger partial charge < -0.3 is 10.6 Å². The zero-order chi connectivity index (χ0) is 21.5. The summed E-state index contributed by atoms with van der Waals surface area (Å²) in [6, 6.07) is 4.65. The topological polar surface area (TPSA) is 49.3 Å². The third-order valence-electron chi connectivity index (χ3n) is 3.33. The molecular formula is C18H16F6N4S. The molecule has 0 radical (unpaired) electrons. The molecule has 1 heterocycles. The number of benzene rings is 1. The standard InChI is InChI=1S/C18H16F6N4S/c1-2-25-16(27-10-15-28-14(11-29-15)18(22,23)24)26-8-4-6-12-5-3-7-13(9-12)17(19,20)21/h3,5,7,9,11H,2,8,10H2,1H3,(H2,25,26,27). The molecular weight excluding hydrogens is 418 g/mol. The minimum Gasteiger partial charge on any atom is -0.357 e. The Morgan fingerprint density at radius 2 is 1.90 bits per heavy atom. The average molecular weight is 434 g/mol. The van der Waals surface area contributed by atoms with Gasteiger partial charge in [-0.2, -0.15) is 26.3 Å². The Bertz CT molecular complexity index is 905. The molecule has 4 nitrogen and oxygen atoms in total. The van der Waals surface area contributed by atoms with Gasteiger partial charge in [-0.05, 0) is 25.1 Å². The van der Waals surface area contributed by atoms with Crippen molar-refractivity contribution in [3.05, 3.63) is 51.5 Å². The number of thiazole rings is 1. The third kappa shape index (κ3) is 7.30. The van der Waals surface area contributed by atoms with Gasteiger partial charge in [-0.3, -0.25) is 0 Å². The maximum Gasteiger partial charge on any atom is 0.434 e. The lowest BCUT2D eigenvalue weighted by molar-refractivity contribution is -0.141. The van der Waals surface area contributed by atoms with Crippen LogP contribution in [0.1, 0.15) is 28.8 Å². The molecule has 0 bridgehead atoms. The van der Waals surface area contributed by atoms with Gasteiger partial charge in [0.1, 0.15) is 5.01 Å². The lowest BCUT2D eigenvalue weighted by atomic mass is 10.1. The van der Waals surface area contributed by atoms with E-state index in [1.165, 1.54) is 12.1 Å². The Morgan fingerprint density at radius 3 is 2.52 bits per heavy atom. The second-order valence-electron chi connectivity index (χ2n) is 5.55. The van der Waals surface area contributed by atoms with Crippen LogP contribution in [0.25, 0.3) is 0 Å². The van der Waals surface area contributed by atoms with Crippen molar-refractivity contribution in [2.45, 2.75) is 25.8 Å². The van der Waals surface area contributed by atoms with Gasteiger partial charge in [0.25, 0.3) is 0 Å². The van der Waals surface area contributed by atoms with Gasteiger partial charge >= 0.3 is 12.4 Å². The van der Waals surface area contributed by atoms with E-state index in [4.69, 9.17) is 0 Å². The molecule has 0 fully saturated rings. The first kappa shape index (κ1) is 22.5. The first-order valence-corrected chi connectivity index (χ1v) is 9.17. The van der Waals surface area contributed by atoms with E-state index in [1.54, 1.807) is 6.92 Å². The predicted octanol–water partition coefficient (Wildman–Crippen LogP) is 4.29. The summed E-state index contributed by atoms with van der Waals surface area (Å²) in [5.74, 6) is 5.60. The predicted molar refractivity (Wildman–Crippen MR) is 98.3 cm³/mol. The maximum absolute atomic E-state index is 12.7. The van der Waals surface area contributed by atoms with Crippen LogP contribution in [-0.2, 0) is 18.9 Å². The quantitative estimate of drug-likeness (QED) is 0.327. The number of alkyl halides is 6. The number of nitrogens with zero attached hydrogens (tertiary/aromatic N) is 2. The molecule has 0 amide bonds. The van der Waals surface area contributed by atoms with Crippen LogP contribution in [0.5, 0.6) is 0 Å². The monoisotopic (exact) mass is 434 g/mol. The highest BCUT2D eigenvalue weighted by atomic mass is 32.1. The van der Waals surface area contributed by atoms with Crippen LogP contribution in [-0.4, -0.2) is 24.0 Å². The van der Waals surface area contributed by atoms with Gasteiger partial charge in [-0.15, -0.1) is 11.3 Å². The SMILES string of the molecule is CCNC(=NCc1nc(C(F)(F)F)cs1)NCC#Cc1cccc(C(F)(F)F)c1. The van der Waals surface area contributed by atoms with Crippen LogP contribution in [0.4, 0.5) is 26.3 Å². The first-order valence-electron chi connectivity index (χ1n) is 8.29. The van der Waals surface area contributed by atoms with E-state index in [2.05, 4.69) is 32.5 Å². The average Bonchev–Trinajstić information content (AvgIpc) is 3.12. The fraction of sp³-hybridized carbons (Fsp3) is 0.333. The number of aromatic nitrogens is 1. The van der Waals surface area contributed by atoms with E-state index >= 15 is 0 Å². The van der Waals surface area contributed by atoms with Crippen molar-refractivity contribution in [1.82, 2.24) is 15.6 Å². The van der Waals surface area contributed by atoms with Crippen LogP contribution in [0.3, 0.4) is 0 Å². The van der Waals surface area contributed by atoms with Crippen molar-refractivity contribution in [2.75, 3.05) is 13.1 Å². The second-order valence-corrected chi connectivity index (χ2v) is 6.50. The fourth-order valence-corrected chi connectivity index (χ4v) is 2.77.